The van der Waals surface area contributed by atoms with Gasteiger partial charge in [0, 0.05) is 31.9 Å². The van der Waals surface area contributed by atoms with Crippen molar-refractivity contribution >= 4 is 11.7 Å². The number of hydrogen-bond acceptors (Lipinski definition) is 3. The third-order valence-electron chi connectivity index (χ3n) is 4.76. The molecule has 1 heterocycles. The fraction of sp³-hybridized carbons (Fsp3) is 0.409. The number of piperazine rings is 1. The summed E-state index contributed by atoms with van der Waals surface area (Å²) in [5, 5.41) is 3.11. The van der Waals surface area contributed by atoms with Crippen LogP contribution in [0.3, 0.4) is 0 Å². The molecule has 1 unspecified atom stereocenters. The highest BCUT2D eigenvalue weighted by molar-refractivity contribution is 5.75. The van der Waals surface area contributed by atoms with Crippen LogP contribution >= 0.6 is 0 Å². The van der Waals surface area contributed by atoms with Crippen LogP contribution in [-0.4, -0.2) is 43.2 Å². The Morgan fingerprint density at radius 2 is 1.67 bits per heavy atom. The number of urea groups is 1. The molecule has 2 aromatic carbocycles. The molecule has 0 aromatic heterocycles. The molecular formula is C22H29N3O2. The molecule has 5 nitrogen and oxygen atoms in total. The van der Waals surface area contributed by atoms with E-state index in [4.69, 9.17) is 4.74 Å². The van der Waals surface area contributed by atoms with Gasteiger partial charge in [0.15, 0.2) is 0 Å². The van der Waals surface area contributed by atoms with E-state index in [1.54, 1.807) is 0 Å². The van der Waals surface area contributed by atoms with Crippen LogP contribution in [0.25, 0.3) is 0 Å². The number of nitrogens with one attached hydrogen (secondary N) is 1. The van der Waals surface area contributed by atoms with Crippen LogP contribution in [0, 0.1) is 0 Å². The average Bonchev–Trinajstić information content (AvgIpc) is 2.68. The standard InChI is InChI=1S/C22H29N3O2/c1-17(2)27-21-11-7-8-19(16-21)18(3)23-22(26)25-14-12-24(13-15-25)20-9-5-4-6-10-20/h4-11,16-18H,12-15H2,1-3H3,(H,23,26). The van der Waals surface area contributed by atoms with E-state index in [0.717, 1.165) is 37.5 Å². The minimum Gasteiger partial charge on any atom is -0.491 e. The van der Waals surface area contributed by atoms with E-state index < -0.39 is 0 Å². The normalized spacial score (nSPS) is 15.6. The number of rotatable bonds is 5. The summed E-state index contributed by atoms with van der Waals surface area (Å²) in [5.74, 6) is 0.833. The SMILES string of the molecule is CC(C)Oc1cccc(C(C)NC(=O)N2CCN(c3ccccc3)CC2)c1. The highest BCUT2D eigenvalue weighted by Gasteiger charge is 2.22. The summed E-state index contributed by atoms with van der Waals surface area (Å²) in [4.78, 5) is 16.9. The summed E-state index contributed by atoms with van der Waals surface area (Å²) < 4.78 is 5.75. The topological polar surface area (TPSA) is 44.8 Å². The lowest BCUT2D eigenvalue weighted by Gasteiger charge is -2.36. The maximum atomic E-state index is 12.7. The molecule has 1 aliphatic rings. The van der Waals surface area contributed by atoms with Crippen molar-refractivity contribution in [3.8, 4) is 5.75 Å². The third kappa shape index (κ3) is 5.16. The lowest BCUT2D eigenvalue weighted by molar-refractivity contribution is 0.191. The number of carbonyl (C=O) groups is 1. The molecule has 1 aliphatic heterocycles. The first-order chi connectivity index (χ1) is 13.0. The van der Waals surface area contributed by atoms with Crippen molar-refractivity contribution in [2.45, 2.75) is 32.9 Å². The second kappa shape index (κ2) is 8.80. The summed E-state index contributed by atoms with van der Waals surface area (Å²) in [6.07, 6.45) is 0.131. The zero-order valence-corrected chi connectivity index (χ0v) is 16.4. The molecule has 1 N–H and O–H groups in total. The van der Waals surface area contributed by atoms with Gasteiger partial charge in [-0.1, -0.05) is 30.3 Å². The minimum atomic E-state index is -0.0691. The van der Waals surface area contributed by atoms with Gasteiger partial charge in [-0.2, -0.15) is 0 Å². The van der Waals surface area contributed by atoms with Crippen molar-refractivity contribution in [1.29, 1.82) is 0 Å². The number of carbonyl (C=O) groups excluding carboxylic acids is 1. The van der Waals surface area contributed by atoms with E-state index in [0.29, 0.717) is 0 Å². The quantitative estimate of drug-likeness (QED) is 0.866. The fourth-order valence-electron chi connectivity index (χ4n) is 3.30. The highest BCUT2D eigenvalue weighted by atomic mass is 16.5. The molecule has 0 spiro atoms. The first kappa shape index (κ1) is 19.1. The van der Waals surface area contributed by atoms with E-state index in [2.05, 4.69) is 22.3 Å². The van der Waals surface area contributed by atoms with E-state index in [1.165, 1.54) is 5.69 Å². The summed E-state index contributed by atoms with van der Waals surface area (Å²) in [7, 11) is 0. The molecule has 27 heavy (non-hydrogen) atoms. The van der Waals surface area contributed by atoms with E-state index in [9.17, 15) is 4.79 Å². The Morgan fingerprint density at radius 1 is 0.963 bits per heavy atom. The molecule has 3 rings (SSSR count). The molecule has 2 aromatic rings. The zero-order chi connectivity index (χ0) is 19.2. The van der Waals surface area contributed by atoms with Crippen LogP contribution in [-0.2, 0) is 0 Å². The molecule has 1 saturated heterocycles. The molecule has 0 bridgehead atoms. The largest absolute Gasteiger partial charge is 0.491 e. The summed E-state index contributed by atoms with van der Waals surface area (Å²) in [6, 6.07) is 18.2. The van der Waals surface area contributed by atoms with Crippen molar-refractivity contribution in [2.75, 3.05) is 31.1 Å². The van der Waals surface area contributed by atoms with Crippen LogP contribution < -0.4 is 15.0 Å². The van der Waals surface area contributed by atoms with Crippen molar-refractivity contribution in [1.82, 2.24) is 10.2 Å². The van der Waals surface area contributed by atoms with E-state index in [1.807, 2.05) is 68.1 Å². The highest BCUT2D eigenvalue weighted by Crippen LogP contribution is 2.21. The molecule has 2 amide bonds. The number of anilines is 1. The molecule has 1 fully saturated rings. The van der Waals surface area contributed by atoms with Gasteiger partial charge in [-0.15, -0.1) is 0 Å². The second-order valence-corrected chi connectivity index (χ2v) is 7.22. The maximum Gasteiger partial charge on any atom is 0.317 e. The average molecular weight is 367 g/mol. The number of benzene rings is 2. The van der Waals surface area contributed by atoms with Gasteiger partial charge in [0.25, 0.3) is 0 Å². The number of hydrogen-bond donors (Lipinski definition) is 1. The number of amides is 2. The molecular weight excluding hydrogens is 338 g/mol. The summed E-state index contributed by atoms with van der Waals surface area (Å²) >= 11 is 0. The van der Waals surface area contributed by atoms with Gasteiger partial charge in [0.1, 0.15) is 5.75 Å². The smallest absolute Gasteiger partial charge is 0.317 e. The second-order valence-electron chi connectivity index (χ2n) is 7.22. The van der Waals surface area contributed by atoms with Crippen molar-refractivity contribution in [2.24, 2.45) is 0 Å². The number of nitrogens with zero attached hydrogens (tertiary/aromatic N) is 2. The van der Waals surface area contributed by atoms with Crippen LogP contribution in [0.4, 0.5) is 10.5 Å². The molecule has 0 aliphatic carbocycles. The van der Waals surface area contributed by atoms with Gasteiger partial charge in [-0.05, 0) is 50.6 Å². The summed E-state index contributed by atoms with van der Waals surface area (Å²) in [6.45, 7) is 9.17. The molecule has 1 atom stereocenters. The lowest BCUT2D eigenvalue weighted by Crippen LogP contribution is -2.52. The Bertz CT molecular complexity index is 740. The Morgan fingerprint density at radius 3 is 2.33 bits per heavy atom. The van der Waals surface area contributed by atoms with E-state index >= 15 is 0 Å². The van der Waals surface area contributed by atoms with Gasteiger partial charge >= 0.3 is 6.03 Å². The maximum absolute atomic E-state index is 12.7. The Balaban J connectivity index is 1.53. The van der Waals surface area contributed by atoms with Crippen LogP contribution in [0.2, 0.25) is 0 Å². The third-order valence-corrected chi connectivity index (χ3v) is 4.76. The van der Waals surface area contributed by atoms with Gasteiger partial charge in [0.2, 0.25) is 0 Å². The van der Waals surface area contributed by atoms with Crippen LogP contribution in [0.1, 0.15) is 32.4 Å². The monoisotopic (exact) mass is 367 g/mol. The molecule has 0 radical (unpaired) electrons. The predicted octanol–water partition coefficient (Wildman–Crippen LogP) is 4.07. The Labute approximate surface area is 161 Å². The molecule has 0 saturated carbocycles. The van der Waals surface area contributed by atoms with Crippen molar-refractivity contribution in [3.63, 3.8) is 0 Å². The van der Waals surface area contributed by atoms with Crippen molar-refractivity contribution in [3.05, 3.63) is 60.2 Å². The lowest BCUT2D eigenvalue weighted by atomic mass is 10.1. The number of para-hydroxylation sites is 1. The van der Waals surface area contributed by atoms with E-state index in [-0.39, 0.29) is 18.2 Å². The van der Waals surface area contributed by atoms with Gasteiger partial charge in [0.05, 0.1) is 12.1 Å². The fourth-order valence-corrected chi connectivity index (χ4v) is 3.30. The van der Waals surface area contributed by atoms with Crippen molar-refractivity contribution < 1.29 is 9.53 Å². The van der Waals surface area contributed by atoms with Crippen LogP contribution in [0.5, 0.6) is 5.75 Å². The van der Waals surface area contributed by atoms with Gasteiger partial charge < -0.3 is 19.9 Å². The number of ether oxygens (including phenoxy) is 1. The first-order valence-corrected chi connectivity index (χ1v) is 9.65. The minimum absolute atomic E-state index is 0.00890. The zero-order valence-electron chi connectivity index (χ0n) is 16.4. The first-order valence-electron chi connectivity index (χ1n) is 9.65. The summed E-state index contributed by atoms with van der Waals surface area (Å²) in [5.41, 5.74) is 2.26. The van der Waals surface area contributed by atoms with Crippen LogP contribution in [0.15, 0.2) is 54.6 Å². The Kier molecular flexibility index (Phi) is 6.22. The molecule has 5 heteroatoms. The molecule has 144 valence electrons. The Hall–Kier alpha value is -2.69. The van der Waals surface area contributed by atoms with Gasteiger partial charge in [-0.3, -0.25) is 0 Å². The predicted molar refractivity (Wildman–Crippen MR) is 109 cm³/mol. The van der Waals surface area contributed by atoms with Gasteiger partial charge in [-0.25, -0.2) is 4.79 Å².